The minimum atomic E-state index is -0.545. The van der Waals surface area contributed by atoms with Gasteiger partial charge in [-0.3, -0.25) is 9.69 Å². The summed E-state index contributed by atoms with van der Waals surface area (Å²) in [6.45, 7) is 7.96. The normalized spacial score (nSPS) is 21.8. The average molecular weight is 229 g/mol. The number of ketones is 1. The molecule has 1 atom stereocenters. The van der Waals surface area contributed by atoms with Gasteiger partial charge in [0, 0.05) is 6.54 Å². The van der Waals surface area contributed by atoms with Gasteiger partial charge in [0.2, 0.25) is 0 Å². The van der Waals surface area contributed by atoms with Crippen LogP contribution in [0, 0.1) is 0 Å². The zero-order valence-electron chi connectivity index (χ0n) is 10.3. The predicted octanol–water partition coefficient (Wildman–Crippen LogP) is 1.21. The first-order chi connectivity index (χ1) is 7.31. The number of rotatable bonds is 1. The Morgan fingerprint density at radius 3 is 2.50 bits per heavy atom. The van der Waals surface area contributed by atoms with Crippen LogP contribution in [-0.2, 0) is 14.3 Å². The van der Waals surface area contributed by atoms with Gasteiger partial charge >= 0.3 is 6.09 Å². The number of morpholine rings is 1. The molecule has 1 amide bonds. The standard InChI is InChI=1S/C11H19NO4/c1-8(13)9-7-15-6-5-12(9)10(14)16-11(2,3)4/h9H,5-7H2,1-4H3. The van der Waals surface area contributed by atoms with Crippen LogP contribution in [0.5, 0.6) is 0 Å². The summed E-state index contributed by atoms with van der Waals surface area (Å²) in [7, 11) is 0. The van der Waals surface area contributed by atoms with Crippen LogP contribution in [0.4, 0.5) is 4.79 Å². The quantitative estimate of drug-likeness (QED) is 0.678. The second-order valence-electron chi connectivity index (χ2n) is 4.88. The van der Waals surface area contributed by atoms with E-state index in [1.54, 1.807) is 20.8 Å². The lowest BCUT2D eigenvalue weighted by atomic mass is 10.1. The third-order valence-electron chi connectivity index (χ3n) is 2.23. The zero-order valence-corrected chi connectivity index (χ0v) is 10.3. The van der Waals surface area contributed by atoms with Crippen LogP contribution in [0.25, 0.3) is 0 Å². The number of Topliss-reactive ketones (excluding diaryl/α,β-unsaturated/α-hetero) is 1. The van der Waals surface area contributed by atoms with Gasteiger partial charge in [0.1, 0.15) is 11.6 Å². The molecule has 0 spiro atoms. The maximum Gasteiger partial charge on any atom is 0.411 e. The SMILES string of the molecule is CC(=O)C1COCCN1C(=O)OC(C)(C)C. The smallest absolute Gasteiger partial charge is 0.411 e. The molecule has 1 unspecified atom stereocenters. The first-order valence-electron chi connectivity index (χ1n) is 5.39. The Bertz CT molecular complexity index is 282. The van der Waals surface area contributed by atoms with E-state index in [-0.39, 0.29) is 12.4 Å². The maximum absolute atomic E-state index is 11.8. The lowest BCUT2D eigenvalue weighted by Gasteiger charge is -2.35. The van der Waals surface area contributed by atoms with E-state index in [9.17, 15) is 9.59 Å². The number of carbonyl (C=O) groups excluding carboxylic acids is 2. The third-order valence-corrected chi connectivity index (χ3v) is 2.23. The van der Waals surface area contributed by atoms with Crippen LogP contribution in [0.2, 0.25) is 0 Å². The van der Waals surface area contributed by atoms with Crippen molar-refractivity contribution in [3.63, 3.8) is 0 Å². The second-order valence-corrected chi connectivity index (χ2v) is 4.88. The molecule has 16 heavy (non-hydrogen) atoms. The Kier molecular flexibility index (Phi) is 3.91. The van der Waals surface area contributed by atoms with Crippen molar-refractivity contribution >= 4 is 11.9 Å². The Hall–Kier alpha value is -1.10. The molecule has 1 aliphatic heterocycles. The number of ether oxygens (including phenoxy) is 2. The molecule has 1 aliphatic rings. The molecule has 0 bridgehead atoms. The van der Waals surface area contributed by atoms with E-state index in [4.69, 9.17) is 9.47 Å². The molecule has 0 aliphatic carbocycles. The van der Waals surface area contributed by atoms with Gasteiger partial charge in [0.25, 0.3) is 0 Å². The lowest BCUT2D eigenvalue weighted by Crippen LogP contribution is -2.53. The number of nitrogens with zero attached hydrogens (tertiary/aromatic N) is 1. The molecule has 0 radical (unpaired) electrons. The van der Waals surface area contributed by atoms with E-state index in [0.717, 1.165) is 0 Å². The van der Waals surface area contributed by atoms with Crippen LogP contribution in [-0.4, -0.2) is 48.2 Å². The topological polar surface area (TPSA) is 55.8 Å². The van der Waals surface area contributed by atoms with Gasteiger partial charge in [0.15, 0.2) is 5.78 Å². The fourth-order valence-electron chi connectivity index (χ4n) is 1.48. The predicted molar refractivity (Wildman–Crippen MR) is 58.2 cm³/mol. The minimum absolute atomic E-state index is 0.0782. The van der Waals surface area contributed by atoms with Crippen LogP contribution >= 0.6 is 0 Å². The fraction of sp³-hybridized carbons (Fsp3) is 0.818. The van der Waals surface area contributed by atoms with Gasteiger partial charge < -0.3 is 9.47 Å². The van der Waals surface area contributed by atoms with E-state index in [0.29, 0.717) is 13.2 Å². The number of hydrogen-bond donors (Lipinski definition) is 0. The van der Waals surface area contributed by atoms with E-state index in [2.05, 4.69) is 0 Å². The summed E-state index contributed by atoms with van der Waals surface area (Å²) in [5.74, 6) is -0.0782. The molecule has 1 saturated heterocycles. The van der Waals surface area contributed by atoms with Gasteiger partial charge in [-0.05, 0) is 27.7 Å². The summed E-state index contributed by atoms with van der Waals surface area (Å²) in [5.41, 5.74) is -0.545. The summed E-state index contributed by atoms with van der Waals surface area (Å²) in [5, 5.41) is 0. The Morgan fingerprint density at radius 1 is 1.38 bits per heavy atom. The molecule has 0 aromatic carbocycles. The molecule has 0 saturated carbocycles. The van der Waals surface area contributed by atoms with Gasteiger partial charge in [-0.15, -0.1) is 0 Å². The Morgan fingerprint density at radius 2 is 2.00 bits per heavy atom. The summed E-state index contributed by atoms with van der Waals surface area (Å²) in [4.78, 5) is 24.6. The highest BCUT2D eigenvalue weighted by Crippen LogP contribution is 2.14. The van der Waals surface area contributed by atoms with Crippen molar-refractivity contribution in [2.75, 3.05) is 19.8 Å². The summed E-state index contributed by atoms with van der Waals surface area (Å²) in [6.07, 6.45) is -0.448. The zero-order chi connectivity index (χ0) is 12.3. The number of carbonyl (C=O) groups is 2. The molecule has 92 valence electrons. The van der Waals surface area contributed by atoms with Crippen molar-refractivity contribution in [1.29, 1.82) is 0 Å². The summed E-state index contributed by atoms with van der Waals surface area (Å²) >= 11 is 0. The van der Waals surface area contributed by atoms with Crippen molar-refractivity contribution in [2.45, 2.75) is 39.3 Å². The minimum Gasteiger partial charge on any atom is -0.444 e. The molecule has 0 aromatic heterocycles. The average Bonchev–Trinajstić information content (AvgIpc) is 2.15. The Balaban J connectivity index is 2.68. The highest BCUT2D eigenvalue weighted by Gasteiger charge is 2.33. The summed E-state index contributed by atoms with van der Waals surface area (Å²) in [6, 6.07) is -0.511. The van der Waals surface area contributed by atoms with Crippen LogP contribution in [0.1, 0.15) is 27.7 Å². The first-order valence-corrected chi connectivity index (χ1v) is 5.39. The number of hydrogen-bond acceptors (Lipinski definition) is 4. The second kappa shape index (κ2) is 4.82. The van der Waals surface area contributed by atoms with E-state index >= 15 is 0 Å². The molecular weight excluding hydrogens is 210 g/mol. The van der Waals surface area contributed by atoms with Crippen molar-refractivity contribution in [2.24, 2.45) is 0 Å². The van der Waals surface area contributed by atoms with Crippen LogP contribution in [0.15, 0.2) is 0 Å². The molecule has 1 fully saturated rings. The van der Waals surface area contributed by atoms with E-state index in [1.807, 2.05) is 0 Å². The monoisotopic (exact) mass is 229 g/mol. The highest BCUT2D eigenvalue weighted by atomic mass is 16.6. The Labute approximate surface area is 95.7 Å². The number of amides is 1. The van der Waals surface area contributed by atoms with Gasteiger partial charge in [-0.25, -0.2) is 4.79 Å². The van der Waals surface area contributed by atoms with Gasteiger partial charge in [-0.2, -0.15) is 0 Å². The highest BCUT2D eigenvalue weighted by molar-refractivity contribution is 5.85. The first kappa shape index (κ1) is 13.0. The fourth-order valence-corrected chi connectivity index (χ4v) is 1.48. The maximum atomic E-state index is 11.8. The molecule has 5 nitrogen and oxygen atoms in total. The van der Waals surface area contributed by atoms with E-state index in [1.165, 1.54) is 11.8 Å². The van der Waals surface area contributed by atoms with Crippen LogP contribution < -0.4 is 0 Å². The molecule has 0 aromatic rings. The molecule has 5 heteroatoms. The van der Waals surface area contributed by atoms with Crippen molar-refractivity contribution < 1.29 is 19.1 Å². The van der Waals surface area contributed by atoms with Crippen molar-refractivity contribution in [3.8, 4) is 0 Å². The largest absolute Gasteiger partial charge is 0.444 e. The third kappa shape index (κ3) is 3.48. The lowest BCUT2D eigenvalue weighted by molar-refractivity contribution is -0.127. The molecule has 0 N–H and O–H groups in total. The van der Waals surface area contributed by atoms with Crippen molar-refractivity contribution in [3.05, 3.63) is 0 Å². The van der Waals surface area contributed by atoms with Crippen LogP contribution in [0.3, 0.4) is 0 Å². The van der Waals surface area contributed by atoms with Crippen molar-refractivity contribution in [1.82, 2.24) is 4.90 Å². The molecule has 1 rings (SSSR count). The molecule has 1 heterocycles. The molecular formula is C11H19NO4. The van der Waals surface area contributed by atoms with Gasteiger partial charge in [-0.1, -0.05) is 0 Å². The summed E-state index contributed by atoms with van der Waals surface area (Å²) < 4.78 is 10.4. The van der Waals surface area contributed by atoms with Gasteiger partial charge in [0.05, 0.1) is 13.2 Å². The van der Waals surface area contributed by atoms with E-state index < -0.39 is 17.7 Å².